The highest BCUT2D eigenvalue weighted by Crippen LogP contribution is 2.29. The Hall–Kier alpha value is -1.40. The summed E-state index contributed by atoms with van der Waals surface area (Å²) in [6, 6.07) is 0. The van der Waals surface area contributed by atoms with Crippen LogP contribution in [0.5, 0.6) is 0 Å². The number of aryl methyl sites for hydroxylation is 1. The highest BCUT2D eigenvalue weighted by Gasteiger charge is 2.32. The van der Waals surface area contributed by atoms with E-state index in [4.69, 9.17) is 9.47 Å². The number of methoxy groups -OCH3 is 1. The van der Waals surface area contributed by atoms with Crippen LogP contribution in [0.15, 0.2) is 5.38 Å². The van der Waals surface area contributed by atoms with Gasteiger partial charge in [0.05, 0.1) is 12.8 Å². The molecule has 2 rings (SSSR count). The van der Waals surface area contributed by atoms with Crippen molar-refractivity contribution in [1.82, 2.24) is 0 Å². The van der Waals surface area contributed by atoms with Gasteiger partial charge in [0.1, 0.15) is 11.0 Å². The average molecular weight is 283 g/mol. The maximum absolute atomic E-state index is 12.2. The maximum atomic E-state index is 12.2. The molecule has 1 aromatic rings. The van der Waals surface area contributed by atoms with Gasteiger partial charge in [-0.25, -0.2) is 4.79 Å². The van der Waals surface area contributed by atoms with E-state index in [2.05, 4.69) is 5.32 Å². The molecule has 1 aromatic heterocycles. The lowest BCUT2D eigenvalue weighted by Gasteiger charge is -2.15. The SMILES string of the molecule is COC(=O)c1scc(C)c1NC(=O)C1OCCC1C. The minimum absolute atomic E-state index is 0.195. The summed E-state index contributed by atoms with van der Waals surface area (Å²) < 4.78 is 10.1. The van der Waals surface area contributed by atoms with Crippen LogP contribution in [0.2, 0.25) is 0 Å². The van der Waals surface area contributed by atoms with Crippen LogP contribution in [0.4, 0.5) is 5.69 Å². The molecule has 1 fully saturated rings. The summed E-state index contributed by atoms with van der Waals surface area (Å²) in [6.07, 6.45) is 0.440. The van der Waals surface area contributed by atoms with Crippen LogP contribution >= 0.6 is 11.3 Å². The first-order valence-corrected chi connectivity index (χ1v) is 7.01. The first kappa shape index (κ1) is 14.0. The number of hydrogen-bond donors (Lipinski definition) is 1. The molecular weight excluding hydrogens is 266 g/mol. The predicted molar refractivity (Wildman–Crippen MR) is 72.5 cm³/mol. The molecule has 0 aromatic carbocycles. The topological polar surface area (TPSA) is 64.6 Å². The Kier molecular flexibility index (Phi) is 4.21. The maximum Gasteiger partial charge on any atom is 0.350 e. The molecule has 6 heteroatoms. The fraction of sp³-hybridized carbons (Fsp3) is 0.538. The Morgan fingerprint density at radius 2 is 2.26 bits per heavy atom. The van der Waals surface area contributed by atoms with E-state index in [-0.39, 0.29) is 11.8 Å². The summed E-state index contributed by atoms with van der Waals surface area (Å²) in [5, 5.41) is 4.61. The molecule has 0 saturated carbocycles. The van der Waals surface area contributed by atoms with E-state index in [0.29, 0.717) is 17.2 Å². The van der Waals surface area contributed by atoms with Crippen molar-refractivity contribution in [1.29, 1.82) is 0 Å². The lowest BCUT2D eigenvalue weighted by molar-refractivity contribution is -0.126. The first-order chi connectivity index (χ1) is 9.04. The number of carbonyl (C=O) groups is 2. The quantitative estimate of drug-likeness (QED) is 0.864. The minimum Gasteiger partial charge on any atom is -0.465 e. The summed E-state index contributed by atoms with van der Waals surface area (Å²) in [4.78, 5) is 24.2. The molecule has 0 bridgehead atoms. The Labute approximate surface area is 115 Å². The normalized spacial score (nSPS) is 22.3. The molecule has 0 spiro atoms. The number of rotatable bonds is 3. The molecular formula is C13H17NO4S. The van der Waals surface area contributed by atoms with Crippen LogP contribution in [-0.2, 0) is 14.3 Å². The second-order valence-corrected chi connectivity index (χ2v) is 5.54. The summed E-state index contributed by atoms with van der Waals surface area (Å²) in [5.41, 5.74) is 1.38. The molecule has 1 aliphatic heterocycles. The molecule has 5 nitrogen and oxygen atoms in total. The van der Waals surface area contributed by atoms with Crippen LogP contribution in [0.3, 0.4) is 0 Å². The van der Waals surface area contributed by atoms with Crippen LogP contribution in [-0.4, -0.2) is 31.7 Å². The number of ether oxygens (including phenoxy) is 2. The second kappa shape index (κ2) is 5.71. The zero-order valence-corrected chi connectivity index (χ0v) is 12.0. The van der Waals surface area contributed by atoms with Crippen LogP contribution < -0.4 is 5.32 Å². The summed E-state index contributed by atoms with van der Waals surface area (Å²) in [7, 11) is 1.32. The van der Waals surface area contributed by atoms with Gasteiger partial charge in [0, 0.05) is 6.61 Å². The number of nitrogens with one attached hydrogen (secondary N) is 1. The van der Waals surface area contributed by atoms with E-state index in [0.717, 1.165) is 12.0 Å². The van der Waals surface area contributed by atoms with E-state index in [1.807, 2.05) is 19.2 Å². The molecule has 104 valence electrons. The van der Waals surface area contributed by atoms with Gasteiger partial charge in [-0.15, -0.1) is 11.3 Å². The van der Waals surface area contributed by atoms with Gasteiger partial charge >= 0.3 is 5.97 Å². The Morgan fingerprint density at radius 3 is 2.84 bits per heavy atom. The number of hydrogen-bond acceptors (Lipinski definition) is 5. The van der Waals surface area contributed by atoms with Gasteiger partial charge in [-0.2, -0.15) is 0 Å². The molecule has 1 aliphatic rings. The van der Waals surface area contributed by atoms with Gasteiger partial charge < -0.3 is 14.8 Å². The van der Waals surface area contributed by atoms with Crippen molar-refractivity contribution < 1.29 is 19.1 Å². The smallest absolute Gasteiger partial charge is 0.350 e. The Morgan fingerprint density at radius 1 is 1.53 bits per heavy atom. The third kappa shape index (κ3) is 2.79. The zero-order valence-electron chi connectivity index (χ0n) is 11.2. The third-order valence-corrected chi connectivity index (χ3v) is 4.32. The number of esters is 1. The first-order valence-electron chi connectivity index (χ1n) is 6.13. The highest BCUT2D eigenvalue weighted by atomic mass is 32.1. The Bertz CT molecular complexity index is 497. The molecule has 1 saturated heterocycles. The highest BCUT2D eigenvalue weighted by molar-refractivity contribution is 7.12. The zero-order chi connectivity index (χ0) is 14.0. The lowest BCUT2D eigenvalue weighted by Crippen LogP contribution is -2.31. The fourth-order valence-corrected chi connectivity index (χ4v) is 2.99. The minimum atomic E-state index is -0.440. The van der Waals surface area contributed by atoms with E-state index in [1.165, 1.54) is 18.4 Å². The van der Waals surface area contributed by atoms with E-state index < -0.39 is 12.1 Å². The summed E-state index contributed by atoms with van der Waals surface area (Å²) >= 11 is 1.26. The molecule has 2 unspecified atom stereocenters. The van der Waals surface area contributed by atoms with Crippen molar-refractivity contribution >= 4 is 28.9 Å². The largest absolute Gasteiger partial charge is 0.465 e. The molecule has 2 heterocycles. The van der Waals surface area contributed by atoms with E-state index in [1.54, 1.807) is 0 Å². The second-order valence-electron chi connectivity index (χ2n) is 4.66. The van der Waals surface area contributed by atoms with Gasteiger partial charge in [0.2, 0.25) is 0 Å². The molecule has 0 aliphatic carbocycles. The standard InChI is InChI=1S/C13H17NO4S/c1-7-4-5-18-10(7)12(15)14-9-8(2)6-19-11(9)13(16)17-3/h6-7,10H,4-5H2,1-3H3,(H,14,15). The molecule has 1 N–H and O–H groups in total. The molecule has 1 amide bonds. The molecule has 0 radical (unpaired) electrons. The Balaban J connectivity index is 2.16. The van der Waals surface area contributed by atoms with Gasteiger partial charge in [0.15, 0.2) is 0 Å². The van der Waals surface area contributed by atoms with Crippen molar-refractivity contribution in [2.75, 3.05) is 19.0 Å². The van der Waals surface area contributed by atoms with Gasteiger partial charge in [-0.05, 0) is 30.2 Å². The van der Waals surface area contributed by atoms with Crippen molar-refractivity contribution in [3.05, 3.63) is 15.8 Å². The van der Waals surface area contributed by atoms with Crippen molar-refractivity contribution in [3.63, 3.8) is 0 Å². The summed E-state index contributed by atoms with van der Waals surface area (Å²) in [5.74, 6) is -0.439. The predicted octanol–water partition coefficient (Wildman–Crippen LogP) is 2.21. The van der Waals surface area contributed by atoms with Crippen molar-refractivity contribution in [3.8, 4) is 0 Å². The number of amides is 1. The van der Waals surface area contributed by atoms with Crippen LogP contribution in [0.1, 0.15) is 28.6 Å². The summed E-state index contributed by atoms with van der Waals surface area (Å²) in [6.45, 7) is 4.43. The van der Waals surface area contributed by atoms with Crippen molar-refractivity contribution in [2.45, 2.75) is 26.4 Å². The van der Waals surface area contributed by atoms with Crippen molar-refractivity contribution in [2.24, 2.45) is 5.92 Å². The van der Waals surface area contributed by atoms with Gasteiger partial charge in [-0.3, -0.25) is 4.79 Å². The lowest BCUT2D eigenvalue weighted by atomic mass is 10.0. The third-order valence-electron chi connectivity index (χ3n) is 3.24. The number of carbonyl (C=O) groups excluding carboxylic acids is 2. The fourth-order valence-electron chi connectivity index (χ4n) is 2.07. The van der Waals surface area contributed by atoms with E-state index in [9.17, 15) is 9.59 Å². The molecule has 2 atom stereocenters. The monoisotopic (exact) mass is 283 g/mol. The van der Waals surface area contributed by atoms with Gasteiger partial charge in [0.25, 0.3) is 5.91 Å². The number of thiophene rings is 1. The van der Waals surface area contributed by atoms with E-state index >= 15 is 0 Å². The molecule has 19 heavy (non-hydrogen) atoms. The van der Waals surface area contributed by atoms with Crippen LogP contribution in [0, 0.1) is 12.8 Å². The number of anilines is 1. The average Bonchev–Trinajstić information content (AvgIpc) is 2.96. The van der Waals surface area contributed by atoms with Gasteiger partial charge in [-0.1, -0.05) is 6.92 Å². The van der Waals surface area contributed by atoms with Crippen LogP contribution in [0.25, 0.3) is 0 Å².